The molecule has 0 aliphatic heterocycles. The highest BCUT2D eigenvalue weighted by Gasteiger charge is 2.12. The Balaban J connectivity index is 1.82. The molecule has 0 saturated heterocycles. The summed E-state index contributed by atoms with van der Waals surface area (Å²) in [5.41, 5.74) is 0. The third kappa shape index (κ3) is 7.70. The van der Waals surface area contributed by atoms with E-state index in [1.807, 2.05) is 6.92 Å². The molecule has 0 aromatic carbocycles. The summed E-state index contributed by atoms with van der Waals surface area (Å²) in [5, 5.41) is 0. The van der Waals surface area contributed by atoms with E-state index in [-0.39, 0.29) is 5.97 Å². The Morgan fingerprint density at radius 1 is 1.11 bits per heavy atom. The molecule has 1 fully saturated rings. The van der Waals surface area contributed by atoms with Gasteiger partial charge < -0.3 is 9.47 Å². The third-order valence-electron chi connectivity index (χ3n) is 3.55. The van der Waals surface area contributed by atoms with E-state index in [1.54, 1.807) is 0 Å². The summed E-state index contributed by atoms with van der Waals surface area (Å²) in [5.74, 6) is 0.735. The fraction of sp³-hybridized carbons (Fsp3) is 0.933. The summed E-state index contributed by atoms with van der Waals surface area (Å²) < 4.78 is 10.6. The molecule has 0 spiro atoms. The highest BCUT2D eigenvalue weighted by molar-refractivity contribution is 5.69. The molecule has 0 radical (unpaired) electrons. The van der Waals surface area contributed by atoms with Crippen LogP contribution in [0.4, 0.5) is 0 Å². The Labute approximate surface area is 111 Å². The monoisotopic (exact) mass is 256 g/mol. The van der Waals surface area contributed by atoms with Crippen LogP contribution in [0.1, 0.15) is 64.7 Å². The molecule has 0 unspecified atom stereocenters. The third-order valence-corrected chi connectivity index (χ3v) is 3.55. The van der Waals surface area contributed by atoms with Crippen molar-refractivity contribution in [2.75, 3.05) is 19.8 Å². The van der Waals surface area contributed by atoms with Crippen LogP contribution in [-0.4, -0.2) is 25.8 Å². The van der Waals surface area contributed by atoms with Gasteiger partial charge in [0.05, 0.1) is 6.61 Å². The Hall–Kier alpha value is -0.570. The largest absolute Gasteiger partial charge is 0.466 e. The van der Waals surface area contributed by atoms with Gasteiger partial charge in [-0.2, -0.15) is 0 Å². The Morgan fingerprint density at radius 3 is 2.61 bits per heavy atom. The van der Waals surface area contributed by atoms with Crippen LogP contribution in [0.2, 0.25) is 0 Å². The molecule has 0 aromatic heterocycles. The number of unbranched alkanes of at least 4 members (excludes halogenated alkanes) is 2. The van der Waals surface area contributed by atoms with Crippen molar-refractivity contribution < 1.29 is 14.3 Å². The minimum Gasteiger partial charge on any atom is -0.466 e. The predicted octanol–water partition coefficient (Wildman–Crippen LogP) is 3.71. The molecule has 106 valence electrons. The minimum atomic E-state index is -0.0689. The molecule has 1 saturated carbocycles. The summed E-state index contributed by atoms with van der Waals surface area (Å²) in [4.78, 5) is 11.1. The van der Waals surface area contributed by atoms with Crippen LogP contribution in [0.5, 0.6) is 0 Å². The number of hydrogen-bond acceptors (Lipinski definition) is 3. The number of esters is 1. The van der Waals surface area contributed by atoms with Crippen LogP contribution in [0, 0.1) is 5.92 Å². The van der Waals surface area contributed by atoms with E-state index in [2.05, 4.69) is 0 Å². The van der Waals surface area contributed by atoms with Gasteiger partial charge in [-0.1, -0.05) is 25.7 Å². The van der Waals surface area contributed by atoms with Gasteiger partial charge in [-0.3, -0.25) is 4.79 Å². The average molecular weight is 256 g/mol. The molecular weight excluding hydrogens is 228 g/mol. The molecule has 0 atom stereocenters. The van der Waals surface area contributed by atoms with Crippen molar-refractivity contribution in [3.05, 3.63) is 0 Å². The van der Waals surface area contributed by atoms with Gasteiger partial charge in [-0.25, -0.2) is 0 Å². The van der Waals surface area contributed by atoms with Crippen LogP contribution in [0.3, 0.4) is 0 Å². The lowest BCUT2D eigenvalue weighted by molar-refractivity contribution is -0.143. The van der Waals surface area contributed by atoms with Gasteiger partial charge in [-0.15, -0.1) is 0 Å². The Kier molecular flexibility index (Phi) is 8.92. The number of hydrogen-bond donors (Lipinski definition) is 0. The van der Waals surface area contributed by atoms with E-state index in [0.29, 0.717) is 13.0 Å². The lowest BCUT2D eigenvalue weighted by Crippen LogP contribution is -2.13. The van der Waals surface area contributed by atoms with Crippen molar-refractivity contribution in [3.8, 4) is 0 Å². The average Bonchev–Trinajstić information content (AvgIpc) is 2.39. The summed E-state index contributed by atoms with van der Waals surface area (Å²) in [6.45, 7) is 4.12. The van der Waals surface area contributed by atoms with E-state index in [0.717, 1.165) is 38.4 Å². The Morgan fingerprint density at radius 2 is 1.89 bits per heavy atom. The second-order valence-electron chi connectivity index (χ2n) is 5.19. The van der Waals surface area contributed by atoms with E-state index in [4.69, 9.17) is 9.47 Å². The number of carbonyl (C=O) groups excluding carboxylic acids is 1. The number of carbonyl (C=O) groups is 1. The summed E-state index contributed by atoms with van der Waals surface area (Å²) in [7, 11) is 0. The first-order valence-electron chi connectivity index (χ1n) is 7.56. The molecule has 0 bridgehead atoms. The fourth-order valence-corrected chi connectivity index (χ4v) is 2.49. The Bertz CT molecular complexity index is 210. The molecule has 0 heterocycles. The summed E-state index contributed by atoms with van der Waals surface area (Å²) >= 11 is 0. The summed E-state index contributed by atoms with van der Waals surface area (Å²) in [6, 6.07) is 0. The first kappa shape index (κ1) is 15.5. The molecule has 1 rings (SSSR count). The highest BCUT2D eigenvalue weighted by Crippen LogP contribution is 2.23. The van der Waals surface area contributed by atoms with Gasteiger partial charge >= 0.3 is 5.97 Å². The molecule has 0 N–H and O–H groups in total. The lowest BCUT2D eigenvalue weighted by Gasteiger charge is -2.21. The first-order chi connectivity index (χ1) is 8.83. The van der Waals surface area contributed by atoms with E-state index >= 15 is 0 Å². The maximum absolute atomic E-state index is 11.1. The molecule has 3 heteroatoms. The van der Waals surface area contributed by atoms with E-state index in [1.165, 1.54) is 32.1 Å². The zero-order valence-electron chi connectivity index (χ0n) is 11.8. The van der Waals surface area contributed by atoms with Gasteiger partial charge in [0.1, 0.15) is 0 Å². The van der Waals surface area contributed by atoms with Crippen LogP contribution in [0.15, 0.2) is 0 Å². The predicted molar refractivity (Wildman–Crippen MR) is 72.5 cm³/mol. The van der Waals surface area contributed by atoms with Crippen molar-refractivity contribution >= 4 is 5.97 Å². The van der Waals surface area contributed by atoms with Crippen LogP contribution >= 0.6 is 0 Å². The van der Waals surface area contributed by atoms with Gasteiger partial charge in [0, 0.05) is 19.6 Å². The van der Waals surface area contributed by atoms with Crippen LogP contribution < -0.4 is 0 Å². The van der Waals surface area contributed by atoms with Crippen molar-refractivity contribution in [1.82, 2.24) is 0 Å². The molecule has 0 aromatic rings. The maximum atomic E-state index is 11.1. The van der Waals surface area contributed by atoms with Gasteiger partial charge in [0.15, 0.2) is 0 Å². The smallest absolute Gasteiger partial charge is 0.305 e. The molecule has 1 aliphatic carbocycles. The van der Waals surface area contributed by atoms with Crippen molar-refractivity contribution in [2.24, 2.45) is 5.92 Å². The topological polar surface area (TPSA) is 35.5 Å². The molecule has 3 nitrogen and oxygen atoms in total. The quantitative estimate of drug-likeness (QED) is 0.466. The molecule has 18 heavy (non-hydrogen) atoms. The van der Waals surface area contributed by atoms with Gasteiger partial charge in [0.25, 0.3) is 0 Å². The van der Waals surface area contributed by atoms with Gasteiger partial charge in [-0.05, 0) is 38.5 Å². The number of rotatable bonds is 9. The minimum absolute atomic E-state index is 0.0689. The maximum Gasteiger partial charge on any atom is 0.305 e. The standard InChI is InChI=1S/C15H28O3/c1-2-18-15(16)11-7-4-8-12-17-13-14-9-5-3-6-10-14/h14H,2-13H2,1H3. The first-order valence-corrected chi connectivity index (χ1v) is 7.56. The summed E-state index contributed by atoms with van der Waals surface area (Å²) in [6.07, 6.45) is 10.5. The molecule has 0 amide bonds. The molecule has 1 aliphatic rings. The zero-order chi connectivity index (χ0) is 13.1. The lowest BCUT2D eigenvalue weighted by atomic mass is 9.90. The van der Waals surface area contributed by atoms with Crippen LogP contribution in [-0.2, 0) is 14.3 Å². The highest BCUT2D eigenvalue weighted by atomic mass is 16.5. The second kappa shape index (κ2) is 10.4. The van der Waals surface area contributed by atoms with E-state index in [9.17, 15) is 4.79 Å². The second-order valence-corrected chi connectivity index (χ2v) is 5.19. The van der Waals surface area contributed by atoms with E-state index < -0.39 is 0 Å². The van der Waals surface area contributed by atoms with Crippen LogP contribution in [0.25, 0.3) is 0 Å². The van der Waals surface area contributed by atoms with Crippen molar-refractivity contribution in [3.63, 3.8) is 0 Å². The van der Waals surface area contributed by atoms with Crippen molar-refractivity contribution in [1.29, 1.82) is 0 Å². The number of ether oxygens (including phenoxy) is 2. The van der Waals surface area contributed by atoms with Crippen molar-refractivity contribution in [2.45, 2.75) is 64.7 Å². The van der Waals surface area contributed by atoms with Gasteiger partial charge in [0.2, 0.25) is 0 Å². The SMILES string of the molecule is CCOC(=O)CCCCCOCC1CCCCC1. The zero-order valence-corrected chi connectivity index (χ0v) is 11.8. The fourth-order valence-electron chi connectivity index (χ4n) is 2.49. The molecular formula is C15H28O3. The normalized spacial score (nSPS) is 16.7.